The number of thioether (sulfide) groups is 1. The van der Waals surface area contributed by atoms with E-state index in [2.05, 4.69) is 15.2 Å². The minimum atomic E-state index is -3.46. The fourth-order valence-electron chi connectivity index (χ4n) is 3.13. The van der Waals surface area contributed by atoms with Gasteiger partial charge in [0.1, 0.15) is 5.82 Å². The molecule has 132 valence electrons. The second-order valence-corrected chi connectivity index (χ2v) is 9.09. The topological polar surface area (TPSA) is 65.5 Å². The van der Waals surface area contributed by atoms with Crippen molar-refractivity contribution in [2.24, 2.45) is 0 Å². The minimum absolute atomic E-state index is 0.368. The molecule has 0 amide bonds. The van der Waals surface area contributed by atoms with Gasteiger partial charge in [-0.15, -0.1) is 11.8 Å². The zero-order valence-corrected chi connectivity index (χ0v) is 15.4. The molecule has 1 fully saturated rings. The lowest BCUT2D eigenvalue weighted by atomic mass is 10.3. The maximum absolute atomic E-state index is 13.0. The summed E-state index contributed by atoms with van der Waals surface area (Å²) in [6.07, 6.45) is 1.76. The molecule has 0 unspecified atom stereocenters. The number of hydrogen-bond donors (Lipinski definition) is 1. The number of nitrogens with zero attached hydrogens (tertiary/aromatic N) is 3. The van der Waals surface area contributed by atoms with Crippen LogP contribution in [0.4, 0.5) is 11.5 Å². The molecule has 4 rings (SSSR count). The number of fused-ring (bicyclic) bond motifs is 1. The Morgan fingerprint density at radius 2 is 1.92 bits per heavy atom. The number of hydrogen-bond acceptors (Lipinski definition) is 6. The maximum atomic E-state index is 13.0. The first kappa shape index (κ1) is 16.7. The van der Waals surface area contributed by atoms with E-state index in [4.69, 9.17) is 0 Å². The monoisotopic (exact) mass is 376 g/mol. The number of sulfonamides is 1. The molecule has 25 heavy (non-hydrogen) atoms. The van der Waals surface area contributed by atoms with E-state index in [1.165, 1.54) is 0 Å². The van der Waals surface area contributed by atoms with E-state index in [1.807, 2.05) is 24.3 Å². The van der Waals surface area contributed by atoms with Gasteiger partial charge >= 0.3 is 0 Å². The Morgan fingerprint density at radius 1 is 1.08 bits per heavy atom. The van der Waals surface area contributed by atoms with Crippen molar-refractivity contribution in [2.75, 3.05) is 48.7 Å². The average molecular weight is 377 g/mol. The summed E-state index contributed by atoms with van der Waals surface area (Å²) in [5, 5.41) is 3.29. The van der Waals surface area contributed by atoms with Gasteiger partial charge in [-0.25, -0.2) is 13.4 Å². The van der Waals surface area contributed by atoms with Gasteiger partial charge in [-0.2, -0.15) is 4.31 Å². The highest BCUT2D eigenvalue weighted by Gasteiger charge is 2.29. The standard InChI is InChI=1S/C17H20N4O2S2/c22-25(23,14-4-5-16-15(13-14)18-7-12-24-16)21-10-8-20(9-11-21)17-3-1-2-6-19-17/h1-6,13,18H,7-12H2. The van der Waals surface area contributed by atoms with Gasteiger partial charge in [-0.1, -0.05) is 6.07 Å². The summed E-state index contributed by atoms with van der Waals surface area (Å²) in [4.78, 5) is 7.95. The summed E-state index contributed by atoms with van der Waals surface area (Å²) in [5.41, 5.74) is 0.921. The van der Waals surface area contributed by atoms with Gasteiger partial charge in [-0.05, 0) is 30.3 Å². The van der Waals surface area contributed by atoms with Crippen LogP contribution in [0.5, 0.6) is 0 Å². The molecule has 2 aliphatic rings. The van der Waals surface area contributed by atoms with Crippen molar-refractivity contribution in [2.45, 2.75) is 9.79 Å². The van der Waals surface area contributed by atoms with Crippen molar-refractivity contribution in [3.05, 3.63) is 42.6 Å². The number of piperazine rings is 1. The summed E-state index contributed by atoms with van der Waals surface area (Å²) < 4.78 is 27.5. The molecule has 0 bridgehead atoms. The van der Waals surface area contributed by atoms with Crippen LogP contribution in [0.2, 0.25) is 0 Å². The Bertz CT molecular complexity index is 850. The molecule has 2 aliphatic heterocycles. The van der Waals surface area contributed by atoms with Crippen LogP contribution >= 0.6 is 11.8 Å². The van der Waals surface area contributed by atoms with E-state index >= 15 is 0 Å². The summed E-state index contributed by atoms with van der Waals surface area (Å²) in [5.74, 6) is 1.91. The first-order valence-corrected chi connectivity index (χ1v) is 10.7. The molecular formula is C17H20N4O2S2. The van der Waals surface area contributed by atoms with Crippen LogP contribution in [-0.4, -0.2) is 56.2 Å². The zero-order chi connectivity index (χ0) is 17.3. The molecular weight excluding hydrogens is 356 g/mol. The minimum Gasteiger partial charge on any atom is -0.383 e. The number of aromatic nitrogens is 1. The van der Waals surface area contributed by atoms with Crippen LogP contribution < -0.4 is 10.2 Å². The van der Waals surface area contributed by atoms with Gasteiger partial charge < -0.3 is 10.2 Å². The third-order valence-electron chi connectivity index (χ3n) is 4.48. The number of pyridine rings is 1. The van der Waals surface area contributed by atoms with Crippen LogP contribution in [0, 0.1) is 0 Å². The smallest absolute Gasteiger partial charge is 0.243 e. The number of nitrogens with one attached hydrogen (secondary N) is 1. The first-order chi connectivity index (χ1) is 12.1. The lowest BCUT2D eigenvalue weighted by Gasteiger charge is -2.34. The van der Waals surface area contributed by atoms with Gasteiger partial charge in [0.2, 0.25) is 10.0 Å². The molecule has 1 N–H and O–H groups in total. The van der Waals surface area contributed by atoms with Gasteiger partial charge in [0, 0.05) is 55.3 Å². The predicted molar refractivity (Wildman–Crippen MR) is 101 cm³/mol. The quantitative estimate of drug-likeness (QED) is 0.885. The molecule has 0 radical (unpaired) electrons. The maximum Gasteiger partial charge on any atom is 0.243 e. The molecule has 1 aromatic heterocycles. The second kappa shape index (κ2) is 6.86. The van der Waals surface area contributed by atoms with Gasteiger partial charge in [0.05, 0.1) is 4.90 Å². The van der Waals surface area contributed by atoms with E-state index in [0.29, 0.717) is 31.1 Å². The van der Waals surface area contributed by atoms with Crippen molar-refractivity contribution in [1.82, 2.24) is 9.29 Å². The summed E-state index contributed by atoms with van der Waals surface area (Å²) >= 11 is 1.76. The zero-order valence-electron chi connectivity index (χ0n) is 13.8. The van der Waals surface area contributed by atoms with Crippen molar-refractivity contribution >= 4 is 33.3 Å². The van der Waals surface area contributed by atoms with Crippen molar-refractivity contribution < 1.29 is 8.42 Å². The van der Waals surface area contributed by atoms with Crippen molar-refractivity contribution in [3.8, 4) is 0 Å². The molecule has 8 heteroatoms. The molecule has 1 aromatic carbocycles. The SMILES string of the molecule is O=S(=O)(c1ccc2c(c1)NCCS2)N1CCN(c2ccccn2)CC1. The third kappa shape index (κ3) is 3.33. The van der Waals surface area contributed by atoms with Crippen LogP contribution in [0.15, 0.2) is 52.4 Å². The first-order valence-electron chi connectivity index (χ1n) is 8.31. The second-order valence-electron chi connectivity index (χ2n) is 6.01. The highest BCUT2D eigenvalue weighted by atomic mass is 32.2. The third-order valence-corrected chi connectivity index (χ3v) is 7.45. The van der Waals surface area contributed by atoms with Gasteiger partial charge in [0.25, 0.3) is 0 Å². The highest BCUT2D eigenvalue weighted by molar-refractivity contribution is 7.99. The number of anilines is 2. The lowest BCUT2D eigenvalue weighted by molar-refractivity contribution is 0.384. The van der Waals surface area contributed by atoms with E-state index in [9.17, 15) is 8.42 Å². The highest BCUT2D eigenvalue weighted by Crippen LogP contribution is 2.33. The van der Waals surface area contributed by atoms with E-state index in [-0.39, 0.29) is 0 Å². The fraction of sp³-hybridized carbons (Fsp3) is 0.353. The van der Waals surface area contributed by atoms with E-state index < -0.39 is 10.0 Å². The van der Waals surface area contributed by atoms with Crippen LogP contribution in [0.3, 0.4) is 0 Å². The molecule has 0 aliphatic carbocycles. The average Bonchev–Trinajstić information content (AvgIpc) is 2.68. The molecule has 0 saturated carbocycles. The molecule has 1 saturated heterocycles. The number of benzene rings is 1. The van der Waals surface area contributed by atoms with Gasteiger partial charge in [0.15, 0.2) is 0 Å². The van der Waals surface area contributed by atoms with Crippen molar-refractivity contribution in [1.29, 1.82) is 0 Å². The van der Waals surface area contributed by atoms with E-state index in [0.717, 1.165) is 28.7 Å². The number of rotatable bonds is 3. The fourth-order valence-corrected chi connectivity index (χ4v) is 5.45. The van der Waals surface area contributed by atoms with Crippen molar-refractivity contribution in [3.63, 3.8) is 0 Å². The lowest BCUT2D eigenvalue weighted by Crippen LogP contribution is -2.48. The van der Waals surface area contributed by atoms with Crippen LogP contribution in [0.1, 0.15) is 0 Å². The Kier molecular flexibility index (Phi) is 4.58. The molecule has 2 aromatic rings. The van der Waals surface area contributed by atoms with Crippen LogP contribution in [-0.2, 0) is 10.0 Å². The molecule has 3 heterocycles. The summed E-state index contributed by atoms with van der Waals surface area (Å²) in [6.45, 7) is 3.10. The Balaban J connectivity index is 1.50. The Morgan fingerprint density at radius 3 is 2.68 bits per heavy atom. The van der Waals surface area contributed by atoms with Gasteiger partial charge in [-0.3, -0.25) is 0 Å². The summed E-state index contributed by atoms with van der Waals surface area (Å²) in [7, 11) is -3.46. The molecule has 6 nitrogen and oxygen atoms in total. The van der Waals surface area contributed by atoms with E-state index in [1.54, 1.807) is 34.4 Å². The largest absolute Gasteiger partial charge is 0.383 e. The summed E-state index contributed by atoms with van der Waals surface area (Å²) in [6, 6.07) is 11.2. The Hall–Kier alpha value is -1.77. The Labute approximate surface area is 152 Å². The van der Waals surface area contributed by atoms with Crippen LogP contribution in [0.25, 0.3) is 0 Å². The predicted octanol–water partition coefficient (Wildman–Crippen LogP) is 2.11. The normalized spacial score (nSPS) is 18.5. The molecule has 0 atom stereocenters. The molecule has 0 spiro atoms.